The first-order chi connectivity index (χ1) is 10.8. The molecule has 0 amide bonds. The van der Waals surface area contributed by atoms with Gasteiger partial charge in [-0.1, -0.05) is 47.5 Å². The standard InChI is InChI=1S/C16H15Cl2O3PS/c1-11(2)20-22(23,21-12-7-4-3-5-8-12)16(19)15-13(17)9-6-10-14(15)18/h3-11H,1-2H3. The van der Waals surface area contributed by atoms with Crippen LogP contribution in [0.15, 0.2) is 48.5 Å². The van der Waals surface area contributed by atoms with Crippen molar-refractivity contribution in [3.8, 4) is 5.75 Å². The lowest BCUT2D eigenvalue weighted by molar-refractivity contribution is 0.104. The normalized spacial score (nSPS) is 13.6. The van der Waals surface area contributed by atoms with Gasteiger partial charge in [0.15, 0.2) is 0 Å². The molecule has 122 valence electrons. The molecule has 0 radical (unpaired) electrons. The fraction of sp³-hybridized carbons (Fsp3) is 0.188. The van der Waals surface area contributed by atoms with Gasteiger partial charge in [-0.05, 0) is 49.9 Å². The zero-order valence-corrected chi connectivity index (χ0v) is 15.8. The van der Waals surface area contributed by atoms with Crippen LogP contribution in [0.2, 0.25) is 10.0 Å². The molecule has 1 atom stereocenters. The molecule has 0 fully saturated rings. The van der Waals surface area contributed by atoms with Crippen LogP contribution in [0.3, 0.4) is 0 Å². The van der Waals surface area contributed by atoms with E-state index in [4.69, 9.17) is 44.1 Å². The molecule has 7 heteroatoms. The summed E-state index contributed by atoms with van der Waals surface area (Å²) < 4.78 is 11.5. The summed E-state index contributed by atoms with van der Waals surface area (Å²) in [6, 6.07) is 13.7. The maximum absolute atomic E-state index is 13.0. The highest BCUT2D eigenvalue weighted by molar-refractivity contribution is 8.18. The number of benzene rings is 2. The molecule has 0 heterocycles. The van der Waals surface area contributed by atoms with Crippen molar-refractivity contribution >= 4 is 47.0 Å². The molecule has 0 aliphatic heterocycles. The summed E-state index contributed by atoms with van der Waals surface area (Å²) in [5, 5.41) is 0.446. The van der Waals surface area contributed by atoms with Gasteiger partial charge >= 0.3 is 6.49 Å². The smallest absolute Gasteiger partial charge is 0.310 e. The SMILES string of the molecule is CC(C)OP(=S)(Oc1ccccc1)C(=O)c1c(Cl)cccc1Cl. The molecule has 2 aromatic carbocycles. The second-order valence-corrected chi connectivity index (χ2v) is 9.01. The number of carbonyl (C=O) groups is 1. The maximum atomic E-state index is 13.0. The van der Waals surface area contributed by atoms with E-state index >= 15 is 0 Å². The Hall–Kier alpha value is -0.900. The van der Waals surface area contributed by atoms with Crippen LogP contribution in [0.4, 0.5) is 0 Å². The molecular weight excluding hydrogens is 374 g/mol. The van der Waals surface area contributed by atoms with Crippen LogP contribution >= 0.6 is 29.7 Å². The Balaban J connectivity index is 2.45. The largest absolute Gasteiger partial charge is 0.438 e. The third kappa shape index (κ3) is 4.56. The molecule has 0 aliphatic rings. The monoisotopic (exact) mass is 388 g/mol. The lowest BCUT2D eigenvalue weighted by Gasteiger charge is -2.24. The van der Waals surface area contributed by atoms with Crippen molar-refractivity contribution in [3.63, 3.8) is 0 Å². The third-order valence-electron chi connectivity index (χ3n) is 2.74. The molecule has 3 nitrogen and oxygen atoms in total. The molecule has 23 heavy (non-hydrogen) atoms. The van der Waals surface area contributed by atoms with Gasteiger partial charge < -0.3 is 9.05 Å². The number of hydrogen-bond acceptors (Lipinski definition) is 4. The zero-order valence-electron chi connectivity index (χ0n) is 12.5. The van der Waals surface area contributed by atoms with Crippen molar-refractivity contribution in [2.24, 2.45) is 0 Å². The van der Waals surface area contributed by atoms with Crippen LogP contribution in [0.5, 0.6) is 5.75 Å². The minimum atomic E-state index is -3.34. The van der Waals surface area contributed by atoms with Crippen molar-refractivity contribution in [1.29, 1.82) is 0 Å². The zero-order chi connectivity index (χ0) is 17.0. The van der Waals surface area contributed by atoms with E-state index in [1.54, 1.807) is 56.3 Å². The van der Waals surface area contributed by atoms with Gasteiger partial charge in [0, 0.05) is 0 Å². The van der Waals surface area contributed by atoms with E-state index in [-0.39, 0.29) is 21.7 Å². The van der Waals surface area contributed by atoms with Crippen molar-refractivity contribution in [2.75, 3.05) is 0 Å². The van der Waals surface area contributed by atoms with Gasteiger partial charge in [-0.25, -0.2) is 0 Å². The highest BCUT2D eigenvalue weighted by Gasteiger charge is 2.36. The summed E-state index contributed by atoms with van der Waals surface area (Å²) in [6.07, 6.45) is -0.283. The summed E-state index contributed by atoms with van der Waals surface area (Å²) >= 11 is 17.7. The first-order valence-electron chi connectivity index (χ1n) is 6.85. The van der Waals surface area contributed by atoms with E-state index in [1.807, 2.05) is 6.07 Å². The van der Waals surface area contributed by atoms with Gasteiger partial charge in [0.05, 0.1) is 21.7 Å². The number of rotatable bonds is 6. The number of hydrogen-bond donors (Lipinski definition) is 0. The Morgan fingerprint density at radius 2 is 1.61 bits per heavy atom. The minimum absolute atomic E-state index is 0.135. The van der Waals surface area contributed by atoms with E-state index in [9.17, 15) is 4.79 Å². The van der Waals surface area contributed by atoms with Crippen LogP contribution in [-0.2, 0) is 16.3 Å². The highest BCUT2D eigenvalue weighted by Crippen LogP contribution is 2.54. The molecule has 0 saturated carbocycles. The quantitative estimate of drug-likeness (QED) is 0.573. The Bertz CT molecular complexity index is 730. The van der Waals surface area contributed by atoms with Crippen LogP contribution in [-0.4, -0.2) is 11.6 Å². The van der Waals surface area contributed by atoms with Gasteiger partial charge in [-0.2, -0.15) is 0 Å². The molecule has 0 saturated heterocycles. The lowest BCUT2D eigenvalue weighted by atomic mass is 10.2. The molecule has 0 aliphatic carbocycles. The Labute approximate surface area is 150 Å². The Morgan fingerprint density at radius 1 is 1.04 bits per heavy atom. The van der Waals surface area contributed by atoms with E-state index in [2.05, 4.69) is 0 Å². The van der Waals surface area contributed by atoms with Gasteiger partial charge in [-0.15, -0.1) is 0 Å². The van der Waals surface area contributed by atoms with Gasteiger partial charge in [-0.3, -0.25) is 4.79 Å². The van der Waals surface area contributed by atoms with Crippen molar-refractivity contribution in [3.05, 3.63) is 64.1 Å². The molecule has 2 aromatic rings. The predicted molar refractivity (Wildman–Crippen MR) is 98.4 cm³/mol. The number of halogens is 2. The summed E-state index contributed by atoms with van der Waals surface area (Å²) in [5.74, 6) is 0.466. The second kappa shape index (κ2) is 7.78. The predicted octanol–water partition coefficient (Wildman–Crippen LogP) is 5.95. The molecule has 0 spiro atoms. The first-order valence-corrected chi connectivity index (χ1v) is 10.2. The van der Waals surface area contributed by atoms with Crippen molar-refractivity contribution < 1.29 is 13.8 Å². The Kier molecular flexibility index (Phi) is 6.24. The maximum Gasteiger partial charge on any atom is 0.310 e. The van der Waals surface area contributed by atoms with E-state index < -0.39 is 12.0 Å². The van der Waals surface area contributed by atoms with E-state index in [1.165, 1.54) is 0 Å². The molecular formula is C16H15Cl2O3PS. The van der Waals surface area contributed by atoms with Crippen LogP contribution in [0.25, 0.3) is 0 Å². The molecule has 0 bridgehead atoms. The summed E-state index contributed by atoms with van der Waals surface area (Å²) in [7, 11) is 0. The molecule has 0 aromatic heterocycles. The minimum Gasteiger partial charge on any atom is -0.438 e. The summed E-state index contributed by atoms with van der Waals surface area (Å²) in [6.45, 7) is 0.239. The van der Waals surface area contributed by atoms with Crippen LogP contribution in [0, 0.1) is 0 Å². The Morgan fingerprint density at radius 3 is 2.13 bits per heavy atom. The molecule has 1 unspecified atom stereocenters. The fourth-order valence-electron chi connectivity index (χ4n) is 1.85. The second-order valence-electron chi connectivity index (χ2n) is 4.96. The van der Waals surface area contributed by atoms with E-state index in [0.29, 0.717) is 5.75 Å². The summed E-state index contributed by atoms with van der Waals surface area (Å²) in [4.78, 5) is 13.0. The first kappa shape index (κ1) is 18.4. The van der Waals surface area contributed by atoms with E-state index in [0.717, 1.165) is 0 Å². The van der Waals surface area contributed by atoms with Crippen LogP contribution < -0.4 is 4.52 Å². The van der Waals surface area contributed by atoms with Gasteiger partial charge in [0.25, 0.3) is 5.52 Å². The third-order valence-corrected chi connectivity index (χ3v) is 6.22. The molecule has 2 rings (SSSR count). The van der Waals surface area contributed by atoms with Crippen molar-refractivity contribution in [1.82, 2.24) is 0 Å². The summed E-state index contributed by atoms with van der Waals surface area (Å²) in [5.41, 5.74) is -0.364. The van der Waals surface area contributed by atoms with Crippen molar-refractivity contribution in [2.45, 2.75) is 20.0 Å². The highest BCUT2D eigenvalue weighted by atomic mass is 35.5. The van der Waals surface area contributed by atoms with Crippen LogP contribution in [0.1, 0.15) is 24.2 Å². The topological polar surface area (TPSA) is 35.5 Å². The van der Waals surface area contributed by atoms with Gasteiger partial charge in [0.1, 0.15) is 5.75 Å². The van der Waals surface area contributed by atoms with Gasteiger partial charge in [0.2, 0.25) is 0 Å². The molecule has 0 N–H and O–H groups in total. The number of carbonyl (C=O) groups excluding carboxylic acids is 1. The fourth-order valence-corrected chi connectivity index (χ4v) is 5.29. The lowest BCUT2D eigenvalue weighted by Crippen LogP contribution is -2.14. The average Bonchev–Trinajstić information content (AvgIpc) is 2.47. The number of para-hydroxylation sites is 1. The average molecular weight is 389 g/mol.